The number of hydrogen-bond donors (Lipinski definition) is 1. The molecule has 2 saturated heterocycles. The van der Waals surface area contributed by atoms with E-state index in [1.165, 1.54) is 23.5 Å². The molecule has 1 aromatic carbocycles. The van der Waals surface area contributed by atoms with Crippen molar-refractivity contribution < 1.29 is 14.3 Å². The van der Waals surface area contributed by atoms with Gasteiger partial charge in [0.25, 0.3) is 0 Å². The topological polar surface area (TPSA) is 101 Å². The summed E-state index contributed by atoms with van der Waals surface area (Å²) in [7, 11) is 1.93. The van der Waals surface area contributed by atoms with Gasteiger partial charge in [0.2, 0.25) is 5.91 Å². The van der Waals surface area contributed by atoms with Crippen LogP contribution in [0.4, 0.5) is 20.9 Å². The summed E-state index contributed by atoms with van der Waals surface area (Å²) in [5, 5.41) is 24.8. The third-order valence-electron chi connectivity index (χ3n) is 7.84. The van der Waals surface area contributed by atoms with E-state index in [0.29, 0.717) is 34.4 Å². The Bertz CT molecular complexity index is 1600. The van der Waals surface area contributed by atoms with E-state index in [2.05, 4.69) is 30.0 Å². The molecule has 1 N–H and O–H groups in total. The molecule has 2 aliphatic heterocycles. The molecular weight excluding hydrogens is 529 g/mol. The first-order valence-electron chi connectivity index (χ1n) is 13.5. The Labute approximate surface area is 235 Å². The Hall–Kier alpha value is -4.01. The Kier molecular flexibility index (Phi) is 6.90. The zero-order valence-electron chi connectivity index (χ0n) is 22.4. The van der Waals surface area contributed by atoms with Gasteiger partial charge in [-0.05, 0) is 55.7 Å². The number of aromatic nitrogens is 3. The summed E-state index contributed by atoms with van der Waals surface area (Å²) < 4.78 is 15.4. The van der Waals surface area contributed by atoms with Crippen LogP contribution in [-0.4, -0.2) is 69.8 Å². The van der Waals surface area contributed by atoms with Gasteiger partial charge in [0.15, 0.2) is 5.13 Å². The number of thiazole rings is 1. The average Bonchev–Trinajstić information content (AvgIpc) is 3.56. The lowest BCUT2D eigenvalue weighted by Gasteiger charge is -2.40. The van der Waals surface area contributed by atoms with Crippen LogP contribution in [0.25, 0.3) is 16.8 Å². The number of halogens is 1. The van der Waals surface area contributed by atoms with Gasteiger partial charge in [0.1, 0.15) is 22.5 Å². The maximum Gasteiger partial charge on any atom is 0.225 e. The van der Waals surface area contributed by atoms with Crippen LogP contribution in [0, 0.1) is 23.1 Å². The molecule has 0 saturated carbocycles. The summed E-state index contributed by atoms with van der Waals surface area (Å²) in [6.07, 6.45) is 3.87. The van der Waals surface area contributed by atoms with Gasteiger partial charge in [0.05, 0.1) is 23.0 Å². The highest BCUT2D eigenvalue weighted by molar-refractivity contribution is 7.16. The first-order chi connectivity index (χ1) is 19.4. The van der Waals surface area contributed by atoms with Gasteiger partial charge in [-0.25, -0.2) is 13.9 Å². The third kappa shape index (κ3) is 4.67. The number of piperidine rings is 1. The number of hydrogen-bond acceptors (Lipinski definition) is 8. The van der Waals surface area contributed by atoms with Crippen molar-refractivity contribution in [3.8, 4) is 17.3 Å². The smallest absolute Gasteiger partial charge is 0.225 e. The van der Waals surface area contributed by atoms with Crippen molar-refractivity contribution in [2.24, 2.45) is 5.92 Å². The van der Waals surface area contributed by atoms with Crippen molar-refractivity contribution in [1.82, 2.24) is 19.5 Å². The molecular formula is C29H30FN7O2S. The predicted octanol–water partition coefficient (Wildman–Crippen LogP) is 4.22. The standard InChI is InChI=1S/C29H30FN7O2S/c1-3-23-27(34(2)29-32-26(25(15-31)40-29)18-4-6-20(30)7-5-18)24-14-21(10-13-37(24)33-23)35-11-8-19(9-12-35)28(39)36-16-22(38)17-36/h4-7,10,13-14,19,22,38H,3,8-9,11-12,16-17H2,1-2H3. The Morgan fingerprint density at radius 3 is 2.60 bits per heavy atom. The minimum atomic E-state index is -0.378. The van der Waals surface area contributed by atoms with E-state index in [9.17, 15) is 19.6 Å². The number of fused-ring (bicyclic) bond motifs is 1. The molecule has 2 fully saturated rings. The number of pyridine rings is 1. The van der Waals surface area contributed by atoms with Crippen molar-refractivity contribution >= 4 is 39.3 Å². The summed E-state index contributed by atoms with van der Waals surface area (Å²) in [4.78, 5) is 24.0. The normalized spacial score (nSPS) is 16.3. The molecule has 1 amide bonds. The Morgan fingerprint density at radius 1 is 1.23 bits per heavy atom. The minimum absolute atomic E-state index is 0.00497. The van der Waals surface area contributed by atoms with Gasteiger partial charge in [-0.3, -0.25) is 4.79 Å². The molecule has 0 aliphatic carbocycles. The fourth-order valence-corrected chi connectivity index (χ4v) is 6.43. The zero-order valence-corrected chi connectivity index (χ0v) is 23.2. The molecule has 0 bridgehead atoms. The lowest BCUT2D eigenvalue weighted by atomic mass is 9.93. The van der Waals surface area contributed by atoms with E-state index < -0.39 is 0 Å². The summed E-state index contributed by atoms with van der Waals surface area (Å²) >= 11 is 1.30. The molecule has 6 rings (SSSR count). The molecule has 206 valence electrons. The van der Waals surface area contributed by atoms with Crippen molar-refractivity contribution in [3.63, 3.8) is 0 Å². The van der Waals surface area contributed by atoms with E-state index in [0.717, 1.165) is 54.9 Å². The number of β-amino-alcohol motifs (C(OH)–C–C–N with tert-alkyl or cyclic N) is 1. The number of anilines is 3. The third-order valence-corrected chi connectivity index (χ3v) is 8.87. The van der Waals surface area contributed by atoms with Gasteiger partial charge in [-0.15, -0.1) is 0 Å². The second kappa shape index (κ2) is 10.5. The van der Waals surface area contributed by atoms with Gasteiger partial charge in [0, 0.05) is 56.6 Å². The number of aliphatic hydroxyl groups excluding tert-OH is 1. The van der Waals surface area contributed by atoms with Crippen LogP contribution >= 0.6 is 11.3 Å². The van der Waals surface area contributed by atoms with E-state index in [1.54, 1.807) is 17.0 Å². The lowest BCUT2D eigenvalue weighted by molar-refractivity contribution is -0.146. The van der Waals surface area contributed by atoms with E-state index in [4.69, 9.17) is 10.1 Å². The highest BCUT2D eigenvalue weighted by Crippen LogP contribution is 2.39. The van der Waals surface area contributed by atoms with Crippen LogP contribution in [0.1, 0.15) is 30.3 Å². The fraction of sp³-hybridized carbons (Fsp3) is 0.379. The number of nitriles is 1. The highest BCUT2D eigenvalue weighted by Gasteiger charge is 2.35. The number of benzene rings is 1. The molecule has 5 heterocycles. The number of aryl methyl sites for hydroxylation is 1. The summed E-state index contributed by atoms with van der Waals surface area (Å²) in [5.41, 5.74) is 5.07. The van der Waals surface area contributed by atoms with Gasteiger partial charge >= 0.3 is 0 Å². The quantitative estimate of drug-likeness (QED) is 0.378. The second-order valence-corrected chi connectivity index (χ2v) is 11.4. The summed E-state index contributed by atoms with van der Waals surface area (Å²) in [6, 6.07) is 12.4. The number of carbonyl (C=O) groups is 1. The lowest BCUT2D eigenvalue weighted by Crippen LogP contribution is -2.56. The highest BCUT2D eigenvalue weighted by atomic mass is 32.1. The molecule has 3 aromatic heterocycles. The van der Waals surface area contributed by atoms with Crippen LogP contribution in [0.5, 0.6) is 0 Å². The van der Waals surface area contributed by atoms with E-state index in [1.807, 2.05) is 22.7 Å². The monoisotopic (exact) mass is 559 g/mol. The maximum absolute atomic E-state index is 13.5. The maximum atomic E-state index is 13.5. The number of rotatable bonds is 6. The summed E-state index contributed by atoms with van der Waals surface area (Å²) in [5.74, 6) is -0.172. The first-order valence-corrected chi connectivity index (χ1v) is 14.3. The van der Waals surface area contributed by atoms with Crippen molar-refractivity contribution in [2.75, 3.05) is 43.0 Å². The largest absolute Gasteiger partial charge is 0.389 e. The van der Waals surface area contributed by atoms with Gasteiger partial charge in [-0.2, -0.15) is 10.4 Å². The first kappa shape index (κ1) is 26.2. The van der Waals surface area contributed by atoms with Gasteiger partial charge in [-0.1, -0.05) is 18.3 Å². The molecule has 9 nitrogen and oxygen atoms in total. The molecule has 0 unspecified atom stereocenters. The molecule has 40 heavy (non-hydrogen) atoms. The molecule has 11 heteroatoms. The average molecular weight is 560 g/mol. The van der Waals surface area contributed by atoms with Crippen molar-refractivity contribution in [2.45, 2.75) is 32.3 Å². The number of aliphatic hydroxyl groups is 1. The SMILES string of the molecule is CCc1nn2ccc(N3CCC(C(=O)N4CC(O)C4)CC3)cc2c1N(C)c1nc(-c2ccc(F)cc2)c(C#N)s1. The van der Waals surface area contributed by atoms with Gasteiger partial charge < -0.3 is 19.8 Å². The van der Waals surface area contributed by atoms with E-state index in [-0.39, 0.29) is 23.7 Å². The van der Waals surface area contributed by atoms with Crippen LogP contribution < -0.4 is 9.80 Å². The number of carbonyl (C=O) groups excluding carboxylic acids is 1. The predicted molar refractivity (Wildman–Crippen MR) is 152 cm³/mol. The molecule has 4 aromatic rings. The van der Waals surface area contributed by atoms with Crippen LogP contribution in [0.2, 0.25) is 0 Å². The van der Waals surface area contributed by atoms with Crippen LogP contribution in [-0.2, 0) is 11.2 Å². The molecule has 0 atom stereocenters. The van der Waals surface area contributed by atoms with E-state index >= 15 is 0 Å². The minimum Gasteiger partial charge on any atom is -0.389 e. The second-order valence-electron chi connectivity index (χ2n) is 10.4. The van der Waals surface area contributed by atoms with Crippen molar-refractivity contribution in [3.05, 3.63) is 59.0 Å². The Morgan fingerprint density at radius 2 is 1.95 bits per heavy atom. The molecule has 2 aliphatic rings. The fourth-order valence-electron chi connectivity index (χ4n) is 5.58. The number of nitrogens with zero attached hydrogens (tertiary/aromatic N) is 7. The van der Waals surface area contributed by atoms with Crippen LogP contribution in [0.3, 0.4) is 0 Å². The van der Waals surface area contributed by atoms with Crippen molar-refractivity contribution in [1.29, 1.82) is 5.26 Å². The number of likely N-dealkylation sites (tertiary alicyclic amines) is 1. The molecule has 0 spiro atoms. The molecule has 0 radical (unpaired) electrons. The summed E-state index contributed by atoms with van der Waals surface area (Å²) in [6.45, 7) is 4.52. The zero-order chi connectivity index (χ0) is 28.0. The Balaban J connectivity index is 1.27. The van der Waals surface area contributed by atoms with Crippen LogP contribution in [0.15, 0.2) is 42.6 Å². The number of amides is 1.